The number of sulfonamides is 1. The summed E-state index contributed by atoms with van der Waals surface area (Å²) < 4.78 is 27.5. The second-order valence-electron chi connectivity index (χ2n) is 4.11. The second-order valence-corrected chi connectivity index (χ2v) is 7.91. The third kappa shape index (κ3) is 4.07. The standard InChI is InChI=1S/C14H13Cl2NO2S2/c1-2-20-13-6-4-3-5-12(13)17-21(18,19)14-9-10(15)7-8-11(14)16/h3-9,17H,2H2,1H3. The summed E-state index contributed by atoms with van der Waals surface area (Å²) in [6.45, 7) is 2.00. The fraction of sp³-hybridized carbons (Fsp3) is 0.143. The molecule has 0 spiro atoms. The lowest BCUT2D eigenvalue weighted by Crippen LogP contribution is -2.14. The minimum Gasteiger partial charge on any atom is -0.278 e. The van der Waals surface area contributed by atoms with Gasteiger partial charge in [0.15, 0.2) is 0 Å². The molecule has 21 heavy (non-hydrogen) atoms. The van der Waals surface area contributed by atoms with Gasteiger partial charge in [-0.15, -0.1) is 11.8 Å². The van der Waals surface area contributed by atoms with Crippen molar-refractivity contribution in [1.29, 1.82) is 0 Å². The highest BCUT2D eigenvalue weighted by molar-refractivity contribution is 7.99. The number of nitrogens with one attached hydrogen (secondary N) is 1. The van der Waals surface area contributed by atoms with E-state index in [-0.39, 0.29) is 9.92 Å². The van der Waals surface area contributed by atoms with Crippen LogP contribution in [0.3, 0.4) is 0 Å². The van der Waals surface area contributed by atoms with E-state index >= 15 is 0 Å². The Hall–Kier alpha value is -0.880. The Bertz CT molecular complexity index is 748. The molecule has 0 unspecified atom stereocenters. The molecule has 0 radical (unpaired) electrons. The molecule has 0 aliphatic carbocycles. The molecule has 0 atom stereocenters. The molecule has 0 aliphatic heterocycles. The minimum atomic E-state index is -3.79. The number of anilines is 1. The average Bonchev–Trinajstić information content (AvgIpc) is 2.43. The van der Waals surface area contributed by atoms with Gasteiger partial charge in [0.05, 0.1) is 10.7 Å². The fourth-order valence-corrected chi connectivity index (χ4v) is 4.38. The predicted octanol–water partition coefficient (Wildman–Crippen LogP) is 4.91. The van der Waals surface area contributed by atoms with E-state index in [2.05, 4.69) is 4.72 Å². The third-order valence-electron chi connectivity index (χ3n) is 2.61. The summed E-state index contributed by atoms with van der Waals surface area (Å²) in [5, 5.41) is 0.448. The summed E-state index contributed by atoms with van der Waals surface area (Å²) in [6.07, 6.45) is 0. The Morgan fingerprint density at radius 2 is 1.86 bits per heavy atom. The summed E-state index contributed by atoms with van der Waals surface area (Å²) in [4.78, 5) is 0.828. The Morgan fingerprint density at radius 1 is 1.14 bits per heavy atom. The molecule has 112 valence electrons. The maximum absolute atomic E-state index is 12.5. The summed E-state index contributed by atoms with van der Waals surface area (Å²) in [6, 6.07) is 11.6. The van der Waals surface area contributed by atoms with E-state index in [4.69, 9.17) is 23.2 Å². The monoisotopic (exact) mass is 361 g/mol. The van der Waals surface area contributed by atoms with Crippen molar-refractivity contribution in [3.8, 4) is 0 Å². The Morgan fingerprint density at radius 3 is 2.57 bits per heavy atom. The van der Waals surface area contributed by atoms with Crippen LogP contribution >= 0.6 is 35.0 Å². The smallest absolute Gasteiger partial charge is 0.263 e. The zero-order valence-electron chi connectivity index (χ0n) is 11.1. The van der Waals surface area contributed by atoms with Gasteiger partial charge in [0, 0.05) is 9.92 Å². The highest BCUT2D eigenvalue weighted by Gasteiger charge is 2.19. The fourth-order valence-electron chi connectivity index (χ4n) is 1.72. The van der Waals surface area contributed by atoms with Crippen molar-refractivity contribution in [1.82, 2.24) is 0 Å². The quantitative estimate of drug-likeness (QED) is 0.769. The normalized spacial score (nSPS) is 11.4. The predicted molar refractivity (Wildman–Crippen MR) is 90.1 cm³/mol. The number of para-hydroxylation sites is 1. The highest BCUT2D eigenvalue weighted by Crippen LogP contribution is 2.31. The summed E-state index contributed by atoms with van der Waals surface area (Å²) in [5.41, 5.74) is 0.528. The van der Waals surface area contributed by atoms with Gasteiger partial charge < -0.3 is 0 Å². The number of benzene rings is 2. The number of thioether (sulfide) groups is 1. The first-order valence-corrected chi connectivity index (χ1v) is 9.36. The van der Waals surface area contributed by atoms with E-state index in [9.17, 15) is 8.42 Å². The number of hydrogen-bond donors (Lipinski definition) is 1. The SMILES string of the molecule is CCSc1ccccc1NS(=O)(=O)c1cc(Cl)ccc1Cl. The van der Waals surface area contributed by atoms with Crippen LogP contribution < -0.4 is 4.72 Å². The zero-order valence-corrected chi connectivity index (χ0v) is 14.3. The summed E-state index contributed by atoms with van der Waals surface area (Å²) >= 11 is 13.4. The van der Waals surface area contributed by atoms with Gasteiger partial charge in [-0.3, -0.25) is 4.72 Å². The number of halogens is 2. The van der Waals surface area contributed by atoms with Crippen molar-refractivity contribution < 1.29 is 8.42 Å². The Balaban J connectivity index is 2.40. The first kappa shape index (κ1) is 16.5. The molecule has 0 heterocycles. The molecular weight excluding hydrogens is 349 g/mol. The van der Waals surface area contributed by atoms with Crippen LogP contribution in [0.15, 0.2) is 52.3 Å². The van der Waals surface area contributed by atoms with Crippen molar-refractivity contribution >= 4 is 50.7 Å². The van der Waals surface area contributed by atoms with Gasteiger partial charge in [0.1, 0.15) is 4.90 Å². The van der Waals surface area contributed by atoms with E-state index in [1.165, 1.54) is 12.1 Å². The van der Waals surface area contributed by atoms with Crippen molar-refractivity contribution in [3.05, 3.63) is 52.5 Å². The van der Waals surface area contributed by atoms with Gasteiger partial charge in [0.25, 0.3) is 10.0 Å². The van der Waals surface area contributed by atoms with Crippen LogP contribution in [0.5, 0.6) is 0 Å². The van der Waals surface area contributed by atoms with Crippen LogP contribution in [-0.2, 0) is 10.0 Å². The van der Waals surface area contributed by atoms with Crippen molar-refractivity contribution in [2.24, 2.45) is 0 Å². The number of hydrogen-bond acceptors (Lipinski definition) is 3. The van der Waals surface area contributed by atoms with Crippen LogP contribution in [0.2, 0.25) is 10.0 Å². The second kappa shape index (κ2) is 6.92. The molecular formula is C14H13Cl2NO2S2. The van der Waals surface area contributed by atoms with Gasteiger partial charge >= 0.3 is 0 Å². The lowest BCUT2D eigenvalue weighted by Gasteiger charge is -2.13. The van der Waals surface area contributed by atoms with Gasteiger partial charge in [-0.05, 0) is 36.1 Å². The lowest BCUT2D eigenvalue weighted by molar-refractivity contribution is 0.601. The maximum Gasteiger partial charge on any atom is 0.263 e. The first-order chi connectivity index (χ1) is 9.94. The van der Waals surface area contributed by atoms with Crippen LogP contribution in [0.4, 0.5) is 5.69 Å². The Kier molecular flexibility index (Phi) is 5.43. The largest absolute Gasteiger partial charge is 0.278 e. The van der Waals surface area contributed by atoms with Gasteiger partial charge in [-0.2, -0.15) is 0 Å². The molecule has 7 heteroatoms. The summed E-state index contributed by atoms with van der Waals surface area (Å²) in [7, 11) is -3.79. The molecule has 0 amide bonds. The van der Waals surface area contributed by atoms with Crippen LogP contribution in [0.25, 0.3) is 0 Å². The Labute approximate surface area is 138 Å². The van der Waals surface area contributed by atoms with E-state index in [0.717, 1.165) is 10.6 Å². The van der Waals surface area contributed by atoms with Crippen molar-refractivity contribution in [3.63, 3.8) is 0 Å². The molecule has 2 aromatic carbocycles. The molecule has 0 fully saturated rings. The van der Waals surface area contributed by atoms with E-state index in [1.807, 2.05) is 19.1 Å². The van der Waals surface area contributed by atoms with Gasteiger partial charge in [-0.1, -0.05) is 42.3 Å². The minimum absolute atomic E-state index is 0.0343. The van der Waals surface area contributed by atoms with Gasteiger partial charge in [0.2, 0.25) is 0 Å². The molecule has 3 nitrogen and oxygen atoms in total. The summed E-state index contributed by atoms with van der Waals surface area (Å²) in [5.74, 6) is 0.844. The lowest BCUT2D eigenvalue weighted by atomic mass is 10.3. The van der Waals surface area contributed by atoms with Crippen LogP contribution in [0.1, 0.15) is 6.92 Å². The van der Waals surface area contributed by atoms with Crippen LogP contribution in [0, 0.1) is 0 Å². The molecule has 0 saturated heterocycles. The topological polar surface area (TPSA) is 46.2 Å². The average molecular weight is 362 g/mol. The van der Waals surface area contributed by atoms with Gasteiger partial charge in [-0.25, -0.2) is 8.42 Å². The third-order valence-corrected chi connectivity index (χ3v) is 5.65. The molecule has 2 rings (SSSR count). The first-order valence-electron chi connectivity index (χ1n) is 6.13. The molecule has 0 aliphatic rings. The maximum atomic E-state index is 12.5. The molecule has 0 aromatic heterocycles. The molecule has 0 bridgehead atoms. The van der Waals surface area contributed by atoms with Crippen molar-refractivity contribution in [2.45, 2.75) is 16.7 Å². The van der Waals surface area contributed by atoms with E-state index in [1.54, 1.807) is 30.0 Å². The molecule has 2 aromatic rings. The number of rotatable bonds is 5. The van der Waals surface area contributed by atoms with E-state index < -0.39 is 10.0 Å². The molecule has 0 saturated carbocycles. The van der Waals surface area contributed by atoms with Crippen molar-refractivity contribution in [2.75, 3.05) is 10.5 Å². The molecule has 1 N–H and O–H groups in total. The highest BCUT2D eigenvalue weighted by atomic mass is 35.5. The van der Waals surface area contributed by atoms with Crippen LogP contribution in [-0.4, -0.2) is 14.2 Å². The zero-order chi connectivity index (χ0) is 15.5. The van der Waals surface area contributed by atoms with E-state index in [0.29, 0.717) is 10.7 Å².